The molecule has 0 saturated carbocycles. The number of nitrogens with zero attached hydrogens (tertiary/aromatic N) is 6. The van der Waals surface area contributed by atoms with E-state index in [0.717, 1.165) is 140 Å². The summed E-state index contributed by atoms with van der Waals surface area (Å²) in [6, 6.07) is 139. The van der Waals surface area contributed by atoms with Crippen LogP contribution in [-0.2, 0) is 9.84 Å². The van der Waals surface area contributed by atoms with Crippen LogP contribution in [0.25, 0.3) is 77.2 Å². The zero-order valence-electron chi connectivity index (χ0n) is 57.9. The normalized spacial score (nSPS) is 12.3. The average molecular weight is 1400 g/mol. The van der Waals surface area contributed by atoms with Crippen LogP contribution in [0.1, 0.15) is 15.9 Å². The van der Waals surface area contributed by atoms with Crippen molar-refractivity contribution in [1.29, 1.82) is 0 Å². The summed E-state index contributed by atoms with van der Waals surface area (Å²) >= 11 is 0. The van der Waals surface area contributed by atoms with Gasteiger partial charge in [-0.05, 0) is 223 Å². The van der Waals surface area contributed by atoms with Crippen LogP contribution in [0.4, 0.5) is 68.2 Å². The van der Waals surface area contributed by atoms with Crippen molar-refractivity contribution < 1.29 is 13.2 Å². The molecule has 0 atom stereocenters. The molecule has 0 aliphatic carbocycles. The van der Waals surface area contributed by atoms with E-state index in [4.69, 9.17) is 0 Å². The van der Waals surface area contributed by atoms with Gasteiger partial charge < -0.3 is 28.7 Å². The first-order valence-electron chi connectivity index (χ1n) is 35.8. The Morgan fingerprint density at radius 1 is 0.215 bits per heavy atom. The highest BCUT2D eigenvalue weighted by molar-refractivity contribution is 7.91. The molecular weight excluding hydrogens is 1330 g/mol. The van der Waals surface area contributed by atoms with Gasteiger partial charge in [-0.25, -0.2) is 8.42 Å². The van der Waals surface area contributed by atoms with Gasteiger partial charge in [0.25, 0.3) is 0 Å². The average Bonchev–Trinajstić information content (AvgIpc) is 1.66. The highest BCUT2D eigenvalue weighted by Gasteiger charge is 2.35. The van der Waals surface area contributed by atoms with Gasteiger partial charge in [-0.2, -0.15) is 0 Å². The summed E-state index contributed by atoms with van der Waals surface area (Å²) in [7, 11) is -4.01. The molecule has 10 heteroatoms. The number of carbonyl (C=O) groups is 1. The summed E-state index contributed by atoms with van der Waals surface area (Å²) < 4.78 is 33.7. The van der Waals surface area contributed by atoms with Gasteiger partial charge in [0, 0.05) is 112 Å². The standard InChI is InChI=1S/C97H66N6O3S/c104-97-84-47-27-28-48-95(84)107(105,106)96-60-49-67(61-89(96)97)81-45-25-26-46-82(81)83-55-50-80(102-90-56-51-76(98(68-29-9-1-10-30-68)69-31-11-2-12-32-69)62-85(90)86-63-77(52-57-91(86)102)99(70-33-13-3-14-34-70)71-35-15-4-16-36-71)66-94(83)103-92-58-53-78(100(72-37-17-5-18-38-72)73-39-19-6-20-40-73)64-87(92)88-65-79(54-59-93(88)103)101(74-41-21-7-22-42-74)75-43-23-8-24-44-75/h1-66H. The molecule has 0 saturated heterocycles. The Labute approximate surface area is 620 Å². The topological polar surface area (TPSA) is 74.0 Å². The fourth-order valence-corrected chi connectivity index (χ4v) is 17.4. The van der Waals surface area contributed by atoms with Gasteiger partial charge in [0.1, 0.15) is 0 Å². The summed E-state index contributed by atoms with van der Waals surface area (Å²) in [6.07, 6.45) is 0. The van der Waals surface area contributed by atoms with Crippen LogP contribution in [0.3, 0.4) is 0 Å². The highest BCUT2D eigenvalue weighted by atomic mass is 32.2. The molecule has 3 heterocycles. The third-order valence-electron chi connectivity index (χ3n) is 20.6. The van der Waals surface area contributed by atoms with Crippen LogP contribution in [-0.4, -0.2) is 23.3 Å². The Bertz CT molecular complexity index is 6100. The van der Waals surface area contributed by atoms with E-state index < -0.39 is 9.84 Å². The molecule has 9 nitrogen and oxygen atoms in total. The van der Waals surface area contributed by atoms with Gasteiger partial charge in [-0.15, -0.1) is 0 Å². The summed E-state index contributed by atoms with van der Waals surface area (Å²) in [5.74, 6) is -0.332. The fourth-order valence-electron chi connectivity index (χ4n) is 15.8. The Balaban J connectivity index is 0.897. The molecule has 2 aromatic heterocycles. The molecule has 1 aliphatic heterocycles. The zero-order valence-corrected chi connectivity index (χ0v) is 58.7. The second-order valence-corrected chi connectivity index (χ2v) is 28.7. The van der Waals surface area contributed by atoms with E-state index in [1.54, 1.807) is 30.3 Å². The molecule has 0 fully saturated rings. The number of anilines is 12. The number of rotatable bonds is 16. The second kappa shape index (κ2) is 26.6. The molecule has 107 heavy (non-hydrogen) atoms. The van der Waals surface area contributed by atoms with E-state index in [9.17, 15) is 13.2 Å². The van der Waals surface area contributed by atoms with E-state index >= 15 is 0 Å². The molecule has 19 rings (SSSR count). The summed E-state index contributed by atoms with van der Waals surface area (Å²) in [5.41, 5.74) is 21.5. The largest absolute Gasteiger partial charge is 0.310 e. The molecule has 0 bridgehead atoms. The second-order valence-electron chi connectivity index (χ2n) is 26.8. The number of benzene rings is 16. The number of fused-ring (bicyclic) bond motifs is 8. The fraction of sp³-hybridized carbons (Fsp3) is 0. The number of aromatic nitrogens is 2. The molecule has 0 unspecified atom stereocenters. The minimum atomic E-state index is -4.01. The van der Waals surface area contributed by atoms with Crippen molar-refractivity contribution in [3.63, 3.8) is 0 Å². The lowest BCUT2D eigenvalue weighted by atomic mass is 9.91. The molecular formula is C97H66N6O3S. The highest BCUT2D eigenvalue weighted by Crippen LogP contribution is 2.49. The van der Waals surface area contributed by atoms with E-state index in [0.29, 0.717) is 5.56 Å². The molecule has 508 valence electrons. The lowest BCUT2D eigenvalue weighted by Crippen LogP contribution is -2.20. The van der Waals surface area contributed by atoms with Gasteiger partial charge in [0.2, 0.25) is 9.84 Å². The van der Waals surface area contributed by atoms with Crippen molar-refractivity contribution in [3.05, 3.63) is 412 Å². The van der Waals surface area contributed by atoms with Gasteiger partial charge in [0.05, 0.1) is 37.5 Å². The number of para-hydroxylation sites is 8. The minimum Gasteiger partial charge on any atom is -0.310 e. The third-order valence-corrected chi connectivity index (χ3v) is 22.4. The number of carbonyl (C=O) groups excluding carboxylic acids is 1. The summed E-state index contributed by atoms with van der Waals surface area (Å²) in [6.45, 7) is 0. The molecule has 0 spiro atoms. The predicted molar refractivity (Wildman–Crippen MR) is 440 cm³/mol. The Hall–Kier alpha value is -14.1. The Morgan fingerprint density at radius 3 is 0.869 bits per heavy atom. The first kappa shape index (κ1) is 63.8. The van der Waals surface area contributed by atoms with Crippen LogP contribution < -0.4 is 19.6 Å². The first-order valence-corrected chi connectivity index (χ1v) is 37.3. The zero-order chi connectivity index (χ0) is 71.5. The number of sulfone groups is 1. The Kier molecular flexibility index (Phi) is 15.9. The molecule has 16 aromatic carbocycles. The van der Waals surface area contributed by atoms with Crippen LogP contribution in [0.5, 0.6) is 0 Å². The minimum absolute atomic E-state index is 0.00113. The van der Waals surface area contributed by atoms with Crippen LogP contribution in [0.15, 0.2) is 410 Å². The predicted octanol–water partition coefficient (Wildman–Crippen LogP) is 25.5. The third kappa shape index (κ3) is 11.2. The van der Waals surface area contributed by atoms with Gasteiger partial charge in [0.15, 0.2) is 5.78 Å². The van der Waals surface area contributed by atoms with Crippen molar-refractivity contribution >= 4 is 127 Å². The van der Waals surface area contributed by atoms with E-state index in [-0.39, 0.29) is 26.7 Å². The molecule has 0 amide bonds. The number of hydrogen-bond donors (Lipinski definition) is 0. The number of ketones is 1. The van der Waals surface area contributed by atoms with Gasteiger partial charge in [-0.3, -0.25) is 4.79 Å². The smallest absolute Gasteiger partial charge is 0.208 e. The van der Waals surface area contributed by atoms with E-state index in [1.807, 2.05) is 12.1 Å². The number of hydrogen-bond acceptors (Lipinski definition) is 7. The SMILES string of the molecule is O=C1c2ccccc2S(=O)(=O)c2ccc(-c3ccccc3-c3ccc(-n4c5ccc(N(c6ccccc6)c6ccccc6)cc5c5cc(N(c6ccccc6)c6ccccc6)ccc54)cc3-n3c4ccc(N(c5ccccc5)c5ccccc5)cc4c4cc(N(c5ccccc5)c5ccccc5)ccc43)cc21. The lowest BCUT2D eigenvalue weighted by Gasteiger charge is -2.26. The molecule has 1 aliphatic rings. The lowest BCUT2D eigenvalue weighted by molar-refractivity contribution is 0.103. The van der Waals surface area contributed by atoms with Gasteiger partial charge >= 0.3 is 0 Å². The Morgan fingerprint density at radius 2 is 0.514 bits per heavy atom. The van der Waals surface area contributed by atoms with E-state index in [2.05, 4.69) is 381 Å². The quantitative estimate of drug-likeness (QED) is 0.0954. The van der Waals surface area contributed by atoms with Crippen molar-refractivity contribution in [2.24, 2.45) is 0 Å². The van der Waals surface area contributed by atoms with Crippen molar-refractivity contribution in [2.75, 3.05) is 19.6 Å². The molecule has 0 N–H and O–H groups in total. The van der Waals surface area contributed by atoms with Crippen LogP contribution in [0.2, 0.25) is 0 Å². The van der Waals surface area contributed by atoms with E-state index in [1.165, 1.54) is 6.07 Å². The molecule has 18 aromatic rings. The van der Waals surface area contributed by atoms with Crippen molar-refractivity contribution in [3.8, 4) is 33.6 Å². The van der Waals surface area contributed by atoms with Crippen molar-refractivity contribution in [2.45, 2.75) is 9.79 Å². The maximum atomic E-state index is 14.7. The van der Waals surface area contributed by atoms with Crippen LogP contribution in [0, 0.1) is 0 Å². The monoisotopic (exact) mass is 1390 g/mol. The maximum absolute atomic E-state index is 14.7. The summed E-state index contributed by atoms with van der Waals surface area (Å²) in [5, 5.41) is 4.16. The molecule has 0 radical (unpaired) electrons. The van der Waals surface area contributed by atoms with Gasteiger partial charge in [-0.1, -0.05) is 194 Å². The maximum Gasteiger partial charge on any atom is 0.208 e. The van der Waals surface area contributed by atoms with Crippen molar-refractivity contribution in [1.82, 2.24) is 9.13 Å². The van der Waals surface area contributed by atoms with Crippen LogP contribution >= 0.6 is 0 Å². The first-order chi connectivity index (χ1) is 52.8. The summed E-state index contributed by atoms with van der Waals surface area (Å²) in [4.78, 5) is 24.0.